The molecule has 1 rings (SSSR count). The minimum atomic E-state index is -0.732. The number of hydrogen-bond acceptors (Lipinski definition) is 2. The van der Waals surface area contributed by atoms with Crippen molar-refractivity contribution in [1.82, 2.24) is 0 Å². The van der Waals surface area contributed by atoms with Gasteiger partial charge in [-0.25, -0.2) is 0 Å². The summed E-state index contributed by atoms with van der Waals surface area (Å²) in [5.41, 5.74) is -0.0913. The van der Waals surface area contributed by atoms with Crippen LogP contribution < -0.4 is 0 Å². The first-order chi connectivity index (χ1) is 6.57. The molecule has 1 aromatic carbocycles. The Morgan fingerprint density at radius 2 is 2.29 bits per heavy atom. The van der Waals surface area contributed by atoms with Crippen molar-refractivity contribution in [3.05, 3.63) is 39.7 Å². The molecule has 0 saturated heterocycles. The van der Waals surface area contributed by atoms with Crippen LogP contribution in [0.15, 0.2) is 18.2 Å². The third-order valence-corrected chi connectivity index (χ3v) is 2.94. The number of nitro benzene ring substituents is 1. The van der Waals surface area contributed by atoms with Crippen LogP contribution in [0.2, 0.25) is 0 Å². The standard InChI is InChI=1S/C9H9BrFNO2/c1-6(5-10)7-3-2-4-8(9(7)11)12(13)14/h2-4,6H,5H2,1H3. The third-order valence-electron chi connectivity index (χ3n) is 1.97. The number of nitrogens with zero attached hydrogens (tertiary/aromatic N) is 1. The van der Waals surface area contributed by atoms with Gasteiger partial charge in [-0.3, -0.25) is 10.1 Å². The van der Waals surface area contributed by atoms with E-state index in [1.807, 2.05) is 0 Å². The smallest absolute Gasteiger partial charge is 0.258 e. The molecule has 1 atom stereocenters. The number of benzene rings is 1. The third kappa shape index (κ3) is 2.09. The molecule has 0 heterocycles. The molecule has 0 aliphatic rings. The van der Waals surface area contributed by atoms with Gasteiger partial charge in [0.1, 0.15) is 0 Å². The minimum absolute atomic E-state index is 0.0742. The Hall–Kier alpha value is -0.970. The SMILES string of the molecule is CC(CBr)c1cccc([N+](=O)[O-])c1F. The molecule has 0 bridgehead atoms. The van der Waals surface area contributed by atoms with E-state index in [4.69, 9.17) is 0 Å². The Balaban J connectivity index is 3.20. The summed E-state index contributed by atoms with van der Waals surface area (Å²) in [6.45, 7) is 1.80. The van der Waals surface area contributed by atoms with E-state index in [9.17, 15) is 14.5 Å². The van der Waals surface area contributed by atoms with Gasteiger partial charge in [0.25, 0.3) is 0 Å². The zero-order valence-electron chi connectivity index (χ0n) is 7.54. The molecule has 0 radical (unpaired) electrons. The Bertz CT molecular complexity index is 357. The van der Waals surface area contributed by atoms with Crippen molar-refractivity contribution in [3.8, 4) is 0 Å². The van der Waals surface area contributed by atoms with E-state index in [1.54, 1.807) is 13.0 Å². The van der Waals surface area contributed by atoms with E-state index in [2.05, 4.69) is 15.9 Å². The molecule has 76 valence electrons. The zero-order chi connectivity index (χ0) is 10.7. The van der Waals surface area contributed by atoms with Crippen molar-refractivity contribution in [2.24, 2.45) is 0 Å². The van der Waals surface area contributed by atoms with E-state index in [1.165, 1.54) is 12.1 Å². The molecule has 0 amide bonds. The van der Waals surface area contributed by atoms with Gasteiger partial charge >= 0.3 is 5.69 Å². The Labute approximate surface area is 89.2 Å². The average molecular weight is 262 g/mol. The number of halogens is 2. The topological polar surface area (TPSA) is 43.1 Å². The van der Waals surface area contributed by atoms with Gasteiger partial charge in [0, 0.05) is 11.4 Å². The second kappa shape index (κ2) is 4.50. The lowest BCUT2D eigenvalue weighted by Gasteiger charge is -2.08. The monoisotopic (exact) mass is 261 g/mol. The van der Waals surface area contributed by atoms with Crippen molar-refractivity contribution in [3.63, 3.8) is 0 Å². The highest BCUT2D eigenvalue weighted by molar-refractivity contribution is 9.09. The van der Waals surface area contributed by atoms with Gasteiger partial charge in [0.2, 0.25) is 5.82 Å². The predicted octanol–water partition coefficient (Wildman–Crippen LogP) is 3.23. The lowest BCUT2D eigenvalue weighted by atomic mass is 10.0. The van der Waals surface area contributed by atoms with Gasteiger partial charge in [-0.05, 0) is 11.5 Å². The Morgan fingerprint density at radius 3 is 2.79 bits per heavy atom. The van der Waals surface area contributed by atoms with Crippen LogP contribution in [0.25, 0.3) is 0 Å². The van der Waals surface area contributed by atoms with E-state index in [-0.39, 0.29) is 5.92 Å². The number of alkyl halides is 1. The molecule has 0 saturated carbocycles. The second-order valence-corrected chi connectivity index (χ2v) is 3.64. The Morgan fingerprint density at radius 1 is 1.64 bits per heavy atom. The highest BCUT2D eigenvalue weighted by Crippen LogP contribution is 2.26. The number of hydrogen-bond donors (Lipinski definition) is 0. The summed E-state index contributed by atoms with van der Waals surface area (Å²) in [5.74, 6) is -0.806. The molecule has 0 N–H and O–H groups in total. The zero-order valence-corrected chi connectivity index (χ0v) is 9.12. The molecule has 3 nitrogen and oxygen atoms in total. The van der Waals surface area contributed by atoms with Crippen molar-refractivity contribution in [2.75, 3.05) is 5.33 Å². The van der Waals surface area contributed by atoms with Gasteiger partial charge in [0.05, 0.1) is 4.92 Å². The fraction of sp³-hybridized carbons (Fsp3) is 0.333. The molecule has 0 aliphatic carbocycles. The highest BCUT2D eigenvalue weighted by atomic mass is 79.9. The maximum absolute atomic E-state index is 13.5. The summed E-state index contributed by atoms with van der Waals surface area (Å²) in [4.78, 5) is 9.73. The number of nitro groups is 1. The number of rotatable bonds is 3. The predicted molar refractivity (Wildman–Crippen MR) is 55.3 cm³/mol. The van der Waals surface area contributed by atoms with Crippen LogP contribution in [0.4, 0.5) is 10.1 Å². The van der Waals surface area contributed by atoms with Crippen LogP contribution in [0.3, 0.4) is 0 Å². The molecule has 0 spiro atoms. The maximum Gasteiger partial charge on any atom is 0.305 e. The summed E-state index contributed by atoms with van der Waals surface area (Å²) >= 11 is 3.21. The summed E-state index contributed by atoms with van der Waals surface area (Å²) in [7, 11) is 0. The van der Waals surface area contributed by atoms with E-state index in [0.29, 0.717) is 10.9 Å². The summed E-state index contributed by atoms with van der Waals surface area (Å²) < 4.78 is 13.5. The quantitative estimate of drug-likeness (QED) is 0.476. The summed E-state index contributed by atoms with van der Waals surface area (Å²) in [6.07, 6.45) is 0. The van der Waals surface area contributed by atoms with Gasteiger partial charge < -0.3 is 0 Å². The molecule has 0 aliphatic heterocycles. The van der Waals surface area contributed by atoms with Gasteiger partial charge in [-0.15, -0.1) is 0 Å². The fourth-order valence-electron chi connectivity index (χ4n) is 1.14. The van der Waals surface area contributed by atoms with E-state index >= 15 is 0 Å². The normalized spacial score (nSPS) is 12.5. The van der Waals surface area contributed by atoms with Crippen LogP contribution >= 0.6 is 15.9 Å². The lowest BCUT2D eigenvalue weighted by molar-refractivity contribution is -0.387. The van der Waals surface area contributed by atoms with Crippen molar-refractivity contribution >= 4 is 21.6 Å². The van der Waals surface area contributed by atoms with Crippen molar-refractivity contribution in [2.45, 2.75) is 12.8 Å². The summed E-state index contributed by atoms with van der Waals surface area (Å²) in [5, 5.41) is 11.0. The molecule has 0 aromatic heterocycles. The first kappa shape index (κ1) is 11.1. The van der Waals surface area contributed by atoms with Crippen LogP contribution in [0, 0.1) is 15.9 Å². The molecule has 1 aromatic rings. The van der Waals surface area contributed by atoms with Crippen molar-refractivity contribution < 1.29 is 9.31 Å². The first-order valence-corrected chi connectivity index (χ1v) is 5.18. The van der Waals surface area contributed by atoms with E-state index < -0.39 is 16.4 Å². The van der Waals surface area contributed by atoms with Gasteiger partial charge in [-0.1, -0.05) is 35.0 Å². The van der Waals surface area contributed by atoms with Gasteiger partial charge in [-0.2, -0.15) is 4.39 Å². The van der Waals surface area contributed by atoms with Crippen LogP contribution in [-0.2, 0) is 0 Å². The first-order valence-electron chi connectivity index (χ1n) is 4.06. The van der Waals surface area contributed by atoms with Crippen molar-refractivity contribution in [1.29, 1.82) is 0 Å². The minimum Gasteiger partial charge on any atom is -0.258 e. The molecule has 1 unspecified atom stereocenters. The highest BCUT2D eigenvalue weighted by Gasteiger charge is 2.19. The molecular weight excluding hydrogens is 253 g/mol. The lowest BCUT2D eigenvalue weighted by Crippen LogP contribution is -2.01. The largest absolute Gasteiger partial charge is 0.305 e. The van der Waals surface area contributed by atoms with Crippen LogP contribution in [0.5, 0.6) is 0 Å². The molecular formula is C9H9BrFNO2. The fourth-order valence-corrected chi connectivity index (χ4v) is 1.49. The molecule has 14 heavy (non-hydrogen) atoms. The summed E-state index contributed by atoms with van der Waals surface area (Å²) in [6, 6.07) is 4.23. The van der Waals surface area contributed by atoms with Crippen LogP contribution in [0.1, 0.15) is 18.4 Å². The van der Waals surface area contributed by atoms with Crippen LogP contribution in [-0.4, -0.2) is 10.3 Å². The second-order valence-electron chi connectivity index (χ2n) is 2.99. The van der Waals surface area contributed by atoms with Gasteiger partial charge in [0.15, 0.2) is 0 Å². The van der Waals surface area contributed by atoms with E-state index in [0.717, 1.165) is 0 Å². The molecule has 0 fully saturated rings. The average Bonchev–Trinajstić information content (AvgIpc) is 2.16. The Kier molecular flexibility index (Phi) is 3.57. The maximum atomic E-state index is 13.5. The molecule has 5 heteroatoms.